The fraction of sp³-hybridized carbons (Fsp3) is 0.500. The molecule has 5 nitrogen and oxygen atoms in total. The molecular formula is C28H39N3O2. The van der Waals surface area contributed by atoms with Gasteiger partial charge in [-0.1, -0.05) is 95.0 Å². The molecule has 0 aliphatic heterocycles. The van der Waals surface area contributed by atoms with Gasteiger partial charge < -0.3 is 14.6 Å². The lowest BCUT2D eigenvalue weighted by atomic mass is 10.1. The van der Waals surface area contributed by atoms with Gasteiger partial charge >= 0.3 is 0 Å². The minimum Gasteiger partial charge on any atom is -0.484 e. The second-order valence-corrected chi connectivity index (χ2v) is 8.73. The number of ether oxygens (including phenoxy) is 1. The van der Waals surface area contributed by atoms with Crippen LogP contribution in [0.25, 0.3) is 11.0 Å². The van der Waals surface area contributed by atoms with Gasteiger partial charge in [0.25, 0.3) is 5.91 Å². The van der Waals surface area contributed by atoms with Gasteiger partial charge in [0.1, 0.15) is 11.6 Å². The van der Waals surface area contributed by atoms with E-state index in [0.29, 0.717) is 12.3 Å². The van der Waals surface area contributed by atoms with Crippen LogP contribution in [0.4, 0.5) is 0 Å². The number of nitrogens with one attached hydrogen (secondary N) is 1. The number of unbranched alkanes of at least 4 members (excludes halogenated alkanes) is 9. The van der Waals surface area contributed by atoms with E-state index in [1.807, 2.05) is 42.5 Å². The van der Waals surface area contributed by atoms with E-state index in [1.54, 1.807) is 0 Å². The molecule has 0 radical (unpaired) electrons. The van der Waals surface area contributed by atoms with Crippen molar-refractivity contribution in [2.75, 3.05) is 6.61 Å². The van der Waals surface area contributed by atoms with Crippen molar-refractivity contribution in [3.05, 3.63) is 60.4 Å². The first-order valence-electron chi connectivity index (χ1n) is 12.7. The van der Waals surface area contributed by atoms with Crippen LogP contribution in [-0.4, -0.2) is 22.1 Å². The molecule has 0 saturated carbocycles. The molecule has 3 rings (SSSR count). The van der Waals surface area contributed by atoms with Crippen molar-refractivity contribution in [3.8, 4) is 5.75 Å². The molecule has 0 aliphatic rings. The molecule has 3 aromatic rings. The third kappa shape index (κ3) is 8.56. The second-order valence-electron chi connectivity index (χ2n) is 8.73. The summed E-state index contributed by atoms with van der Waals surface area (Å²) in [4.78, 5) is 17.1. The van der Waals surface area contributed by atoms with Crippen molar-refractivity contribution in [2.24, 2.45) is 0 Å². The molecule has 0 fully saturated rings. The van der Waals surface area contributed by atoms with Crippen molar-refractivity contribution < 1.29 is 9.53 Å². The Bertz CT molecular complexity index is 952. The molecule has 1 heterocycles. The molecule has 1 aromatic heterocycles. The van der Waals surface area contributed by atoms with Crippen LogP contribution in [0.5, 0.6) is 5.75 Å². The topological polar surface area (TPSA) is 56.2 Å². The lowest BCUT2D eigenvalue weighted by Crippen LogP contribution is -2.29. The van der Waals surface area contributed by atoms with Crippen LogP contribution in [0.1, 0.15) is 77.0 Å². The monoisotopic (exact) mass is 449 g/mol. The Morgan fingerprint density at radius 3 is 2.21 bits per heavy atom. The van der Waals surface area contributed by atoms with Gasteiger partial charge in [-0.3, -0.25) is 4.79 Å². The van der Waals surface area contributed by atoms with Crippen LogP contribution in [0.15, 0.2) is 54.6 Å². The molecule has 0 spiro atoms. The Morgan fingerprint density at radius 1 is 0.848 bits per heavy atom. The van der Waals surface area contributed by atoms with Crippen molar-refractivity contribution >= 4 is 16.9 Å². The van der Waals surface area contributed by atoms with Crippen LogP contribution in [-0.2, 0) is 17.9 Å². The van der Waals surface area contributed by atoms with E-state index in [-0.39, 0.29) is 12.5 Å². The van der Waals surface area contributed by atoms with Gasteiger partial charge in [0, 0.05) is 6.54 Å². The number of fused-ring (bicyclic) bond motifs is 1. The molecule has 0 saturated heterocycles. The van der Waals surface area contributed by atoms with Gasteiger partial charge in [-0.05, 0) is 30.7 Å². The van der Waals surface area contributed by atoms with Crippen molar-refractivity contribution in [1.82, 2.24) is 14.9 Å². The van der Waals surface area contributed by atoms with Gasteiger partial charge in [0.2, 0.25) is 0 Å². The Balaban J connectivity index is 1.43. The number of rotatable bonds is 16. The third-order valence-electron chi connectivity index (χ3n) is 6.03. The van der Waals surface area contributed by atoms with E-state index in [4.69, 9.17) is 9.72 Å². The third-order valence-corrected chi connectivity index (χ3v) is 6.03. The van der Waals surface area contributed by atoms with E-state index in [0.717, 1.165) is 29.8 Å². The zero-order valence-electron chi connectivity index (χ0n) is 20.1. The first-order valence-corrected chi connectivity index (χ1v) is 12.7. The number of aryl methyl sites for hydroxylation is 1. The molecule has 1 N–H and O–H groups in total. The summed E-state index contributed by atoms with van der Waals surface area (Å²) in [6.07, 6.45) is 13.2. The number of hydrogen-bond acceptors (Lipinski definition) is 3. The zero-order chi connectivity index (χ0) is 23.1. The summed E-state index contributed by atoms with van der Waals surface area (Å²) in [5.41, 5.74) is 2.12. The maximum atomic E-state index is 12.3. The van der Waals surface area contributed by atoms with Crippen molar-refractivity contribution in [1.29, 1.82) is 0 Å². The molecule has 178 valence electrons. The predicted molar refractivity (Wildman–Crippen MR) is 135 cm³/mol. The SMILES string of the molecule is CCCCCCCCCCCCn1c(CNC(=O)COc2ccccc2)nc2ccccc21. The average molecular weight is 450 g/mol. The molecule has 0 unspecified atom stereocenters. The normalized spacial score (nSPS) is 11.1. The standard InChI is InChI=1S/C28H39N3O2/c1-2-3-4-5-6-7-8-9-10-16-21-31-26-20-15-14-19-25(26)30-27(31)22-29-28(32)23-33-24-17-12-11-13-18-24/h11-15,17-20H,2-10,16,21-23H2,1H3,(H,29,32). The fourth-order valence-corrected chi connectivity index (χ4v) is 4.16. The highest BCUT2D eigenvalue weighted by Crippen LogP contribution is 2.18. The highest BCUT2D eigenvalue weighted by molar-refractivity contribution is 5.78. The molecular weight excluding hydrogens is 410 g/mol. The van der Waals surface area contributed by atoms with Crippen molar-refractivity contribution in [2.45, 2.75) is 84.2 Å². The summed E-state index contributed by atoms with van der Waals surface area (Å²) in [7, 11) is 0. The van der Waals surface area contributed by atoms with Gasteiger partial charge in [-0.2, -0.15) is 0 Å². The first kappa shape index (κ1) is 24.8. The summed E-state index contributed by atoms with van der Waals surface area (Å²) in [6.45, 7) is 3.61. The Morgan fingerprint density at radius 2 is 1.48 bits per heavy atom. The fourth-order valence-electron chi connectivity index (χ4n) is 4.16. The molecule has 5 heteroatoms. The molecule has 0 aliphatic carbocycles. The molecule has 0 atom stereocenters. The van der Waals surface area contributed by atoms with Crippen LogP contribution in [0.3, 0.4) is 0 Å². The molecule has 33 heavy (non-hydrogen) atoms. The number of carbonyl (C=O) groups is 1. The Hall–Kier alpha value is -2.82. The number of benzene rings is 2. The van der Waals surface area contributed by atoms with E-state index < -0.39 is 0 Å². The number of carbonyl (C=O) groups excluding carboxylic acids is 1. The van der Waals surface area contributed by atoms with Gasteiger partial charge in [0.05, 0.1) is 17.6 Å². The van der Waals surface area contributed by atoms with E-state index in [9.17, 15) is 4.79 Å². The van der Waals surface area contributed by atoms with Crippen LogP contribution >= 0.6 is 0 Å². The summed E-state index contributed by atoms with van der Waals surface area (Å²) in [6, 6.07) is 17.6. The van der Waals surface area contributed by atoms with E-state index >= 15 is 0 Å². The zero-order valence-corrected chi connectivity index (χ0v) is 20.1. The van der Waals surface area contributed by atoms with Crippen LogP contribution in [0, 0.1) is 0 Å². The summed E-state index contributed by atoms with van der Waals surface area (Å²) in [5.74, 6) is 1.46. The first-order chi connectivity index (χ1) is 16.3. The number of para-hydroxylation sites is 3. The second kappa shape index (κ2) is 14.4. The predicted octanol–water partition coefficient (Wildman–Crippen LogP) is 6.65. The van der Waals surface area contributed by atoms with E-state index in [2.05, 4.69) is 28.9 Å². The highest BCUT2D eigenvalue weighted by atomic mass is 16.5. The maximum absolute atomic E-state index is 12.3. The quantitative estimate of drug-likeness (QED) is 0.249. The minimum absolute atomic E-state index is 0.00266. The number of nitrogens with zero attached hydrogens (tertiary/aromatic N) is 2. The van der Waals surface area contributed by atoms with E-state index in [1.165, 1.54) is 57.8 Å². The lowest BCUT2D eigenvalue weighted by molar-refractivity contribution is -0.123. The minimum atomic E-state index is -0.142. The maximum Gasteiger partial charge on any atom is 0.258 e. The number of amides is 1. The molecule has 0 bridgehead atoms. The van der Waals surface area contributed by atoms with Crippen molar-refractivity contribution in [3.63, 3.8) is 0 Å². The number of hydrogen-bond donors (Lipinski definition) is 1. The van der Waals surface area contributed by atoms with Gasteiger partial charge in [-0.15, -0.1) is 0 Å². The number of imidazole rings is 1. The highest BCUT2D eigenvalue weighted by Gasteiger charge is 2.12. The number of aromatic nitrogens is 2. The van der Waals surface area contributed by atoms with Gasteiger partial charge in [0.15, 0.2) is 6.61 Å². The molecule has 2 aromatic carbocycles. The Kier molecular flexibility index (Phi) is 10.8. The van der Waals surface area contributed by atoms with Crippen LogP contribution < -0.4 is 10.1 Å². The van der Waals surface area contributed by atoms with Crippen LogP contribution in [0.2, 0.25) is 0 Å². The molecule has 1 amide bonds. The van der Waals surface area contributed by atoms with Gasteiger partial charge in [-0.25, -0.2) is 4.98 Å². The summed E-state index contributed by atoms with van der Waals surface area (Å²) in [5, 5.41) is 2.96. The summed E-state index contributed by atoms with van der Waals surface area (Å²) >= 11 is 0. The average Bonchev–Trinajstić information content (AvgIpc) is 3.20. The largest absolute Gasteiger partial charge is 0.484 e. The Labute approximate surface area is 198 Å². The smallest absolute Gasteiger partial charge is 0.258 e. The summed E-state index contributed by atoms with van der Waals surface area (Å²) < 4.78 is 7.81. The lowest BCUT2D eigenvalue weighted by Gasteiger charge is -2.11.